The van der Waals surface area contributed by atoms with Crippen LogP contribution in [0, 0.1) is 5.92 Å². The van der Waals surface area contributed by atoms with E-state index in [-0.39, 0.29) is 36.1 Å². The zero-order valence-corrected chi connectivity index (χ0v) is 28.4. The molecule has 2 aliphatic rings. The SMILES string of the molecule is C=CC(=O)Nc1cc(N2C[C@H](CS(C)(=O)=O)[C@H]2C)c2cnc(Nc3ccnc(N4CC[C@@H](OCCOC)[C@@H](F)C4)c3)nc2c1C(C)C. The second-order valence-electron chi connectivity index (χ2n) is 12.6. The van der Waals surface area contributed by atoms with Crippen LogP contribution in [0.3, 0.4) is 0 Å². The van der Waals surface area contributed by atoms with Gasteiger partial charge in [0.05, 0.1) is 42.8 Å². The van der Waals surface area contributed by atoms with E-state index in [1.165, 1.54) is 12.3 Å². The quantitative estimate of drug-likeness (QED) is 0.197. The van der Waals surface area contributed by atoms with Crippen molar-refractivity contribution in [2.75, 3.05) is 72.4 Å². The molecule has 2 aromatic heterocycles. The molecule has 254 valence electrons. The molecule has 2 N–H and O–H groups in total. The summed E-state index contributed by atoms with van der Waals surface area (Å²) in [4.78, 5) is 30.6. The average Bonchev–Trinajstić information content (AvgIpc) is 3.02. The molecule has 5 rings (SSSR count). The summed E-state index contributed by atoms with van der Waals surface area (Å²) in [5, 5.41) is 7.03. The molecule has 14 heteroatoms. The molecular weight excluding hydrogens is 625 g/mol. The third-order valence-electron chi connectivity index (χ3n) is 8.77. The van der Waals surface area contributed by atoms with Gasteiger partial charge in [-0.3, -0.25) is 4.79 Å². The average molecular weight is 670 g/mol. The normalized spacial score (nSPS) is 21.5. The van der Waals surface area contributed by atoms with E-state index in [4.69, 9.17) is 14.5 Å². The van der Waals surface area contributed by atoms with E-state index in [0.29, 0.717) is 61.4 Å². The predicted molar refractivity (Wildman–Crippen MR) is 183 cm³/mol. The topological polar surface area (TPSA) is 139 Å². The molecule has 0 saturated carbocycles. The number of halogens is 1. The number of sulfone groups is 1. The van der Waals surface area contributed by atoms with E-state index in [2.05, 4.69) is 32.1 Å². The maximum Gasteiger partial charge on any atom is 0.247 e. The molecule has 1 aromatic carbocycles. The van der Waals surface area contributed by atoms with E-state index < -0.39 is 22.1 Å². The highest BCUT2D eigenvalue weighted by Gasteiger charge is 2.39. The summed E-state index contributed by atoms with van der Waals surface area (Å²) in [6.07, 6.45) is 4.80. The van der Waals surface area contributed by atoms with Crippen LogP contribution in [-0.2, 0) is 24.1 Å². The number of piperidine rings is 1. The van der Waals surface area contributed by atoms with Crippen molar-refractivity contribution >= 4 is 55.5 Å². The lowest BCUT2D eigenvalue weighted by Crippen LogP contribution is -2.57. The summed E-state index contributed by atoms with van der Waals surface area (Å²) in [5.74, 6) is 0.710. The monoisotopic (exact) mass is 669 g/mol. The number of pyridine rings is 1. The maximum atomic E-state index is 14.9. The van der Waals surface area contributed by atoms with E-state index in [1.54, 1.807) is 25.6 Å². The van der Waals surface area contributed by atoms with Crippen LogP contribution in [0.5, 0.6) is 0 Å². The number of aromatic nitrogens is 3. The predicted octanol–water partition coefficient (Wildman–Crippen LogP) is 4.47. The van der Waals surface area contributed by atoms with Crippen molar-refractivity contribution in [3.63, 3.8) is 0 Å². The molecule has 2 aliphatic heterocycles. The van der Waals surface area contributed by atoms with Crippen LogP contribution < -0.4 is 20.4 Å². The van der Waals surface area contributed by atoms with Crippen LogP contribution in [0.4, 0.5) is 33.2 Å². The fourth-order valence-electron chi connectivity index (χ4n) is 6.31. The number of carbonyl (C=O) groups excluding carboxylic acids is 1. The summed E-state index contributed by atoms with van der Waals surface area (Å²) in [5.41, 5.74) is 3.61. The molecule has 47 heavy (non-hydrogen) atoms. The van der Waals surface area contributed by atoms with Crippen LogP contribution in [0.2, 0.25) is 0 Å². The summed E-state index contributed by atoms with van der Waals surface area (Å²) in [6, 6.07) is 5.51. The first-order chi connectivity index (χ1) is 22.4. The van der Waals surface area contributed by atoms with Gasteiger partial charge in [-0.1, -0.05) is 20.4 Å². The molecule has 1 amide bonds. The Balaban J connectivity index is 1.44. The number of rotatable bonds is 13. The molecule has 4 heterocycles. The number of hydrogen-bond acceptors (Lipinski definition) is 11. The Kier molecular flexibility index (Phi) is 10.6. The van der Waals surface area contributed by atoms with E-state index in [0.717, 1.165) is 16.6 Å². The molecule has 12 nitrogen and oxygen atoms in total. The molecule has 4 atom stereocenters. The minimum Gasteiger partial charge on any atom is -0.382 e. The molecule has 0 bridgehead atoms. The summed E-state index contributed by atoms with van der Waals surface area (Å²) < 4.78 is 49.6. The van der Waals surface area contributed by atoms with Crippen molar-refractivity contribution in [1.29, 1.82) is 0 Å². The highest BCUT2D eigenvalue weighted by Crippen LogP contribution is 2.42. The van der Waals surface area contributed by atoms with Crippen LogP contribution in [-0.4, -0.2) is 99.6 Å². The number of carbonyl (C=O) groups is 1. The van der Waals surface area contributed by atoms with Gasteiger partial charge in [0, 0.05) is 79.2 Å². The van der Waals surface area contributed by atoms with Gasteiger partial charge in [-0.2, -0.15) is 0 Å². The van der Waals surface area contributed by atoms with Crippen molar-refractivity contribution in [1.82, 2.24) is 15.0 Å². The maximum absolute atomic E-state index is 14.9. The second-order valence-corrected chi connectivity index (χ2v) is 14.8. The van der Waals surface area contributed by atoms with Gasteiger partial charge in [0.1, 0.15) is 21.8 Å². The molecule has 0 unspecified atom stereocenters. The summed E-state index contributed by atoms with van der Waals surface area (Å²) in [7, 11) is -1.54. The largest absolute Gasteiger partial charge is 0.382 e. The van der Waals surface area contributed by atoms with E-state index in [9.17, 15) is 17.6 Å². The lowest BCUT2D eigenvalue weighted by atomic mass is 9.89. The first-order valence-corrected chi connectivity index (χ1v) is 17.9. The Labute approximate surface area is 275 Å². The second kappa shape index (κ2) is 14.5. The molecule has 0 aliphatic carbocycles. The Morgan fingerprint density at radius 2 is 2.02 bits per heavy atom. The summed E-state index contributed by atoms with van der Waals surface area (Å²) >= 11 is 0. The van der Waals surface area contributed by atoms with Crippen LogP contribution in [0.1, 0.15) is 38.7 Å². The van der Waals surface area contributed by atoms with E-state index in [1.807, 2.05) is 37.8 Å². The van der Waals surface area contributed by atoms with Crippen molar-refractivity contribution in [2.45, 2.75) is 51.4 Å². The number of benzene rings is 1. The van der Waals surface area contributed by atoms with Crippen LogP contribution in [0.25, 0.3) is 10.9 Å². The third kappa shape index (κ3) is 7.99. The minimum atomic E-state index is -3.13. The van der Waals surface area contributed by atoms with Crippen LogP contribution >= 0.6 is 0 Å². The zero-order chi connectivity index (χ0) is 33.9. The Bertz CT molecular complexity index is 1720. The molecule has 3 aromatic rings. The van der Waals surface area contributed by atoms with Gasteiger partial charge in [-0.05, 0) is 37.5 Å². The molecule has 0 radical (unpaired) electrons. The van der Waals surface area contributed by atoms with Crippen molar-refractivity contribution in [3.05, 3.63) is 48.8 Å². The van der Waals surface area contributed by atoms with Crippen LogP contribution in [0.15, 0.2) is 43.2 Å². The number of amides is 1. The number of hydrogen-bond donors (Lipinski definition) is 2. The highest BCUT2D eigenvalue weighted by molar-refractivity contribution is 7.90. The minimum absolute atomic E-state index is 0.0104. The molecule has 0 spiro atoms. The number of alkyl halides is 1. The zero-order valence-electron chi connectivity index (χ0n) is 27.6. The van der Waals surface area contributed by atoms with Gasteiger partial charge in [-0.15, -0.1) is 0 Å². The fraction of sp³-hybridized carbons (Fsp3) is 0.515. The van der Waals surface area contributed by atoms with Gasteiger partial charge < -0.3 is 29.9 Å². The lowest BCUT2D eigenvalue weighted by Gasteiger charge is -2.48. The third-order valence-corrected chi connectivity index (χ3v) is 9.80. The van der Waals surface area contributed by atoms with E-state index >= 15 is 0 Å². The number of methoxy groups -OCH3 is 1. The molecular formula is C33H44FN7O5S. The highest BCUT2D eigenvalue weighted by atomic mass is 32.2. The van der Waals surface area contributed by atoms with Gasteiger partial charge in [0.2, 0.25) is 11.9 Å². The molecule has 2 fully saturated rings. The number of nitrogens with one attached hydrogen (secondary N) is 2. The van der Waals surface area contributed by atoms with Gasteiger partial charge in [-0.25, -0.2) is 27.8 Å². The van der Waals surface area contributed by atoms with Crippen molar-refractivity contribution in [3.8, 4) is 0 Å². The van der Waals surface area contributed by atoms with Gasteiger partial charge >= 0.3 is 0 Å². The van der Waals surface area contributed by atoms with Crippen molar-refractivity contribution in [2.24, 2.45) is 5.92 Å². The van der Waals surface area contributed by atoms with Crippen molar-refractivity contribution < 1.29 is 27.1 Å². The Morgan fingerprint density at radius 3 is 2.68 bits per heavy atom. The lowest BCUT2D eigenvalue weighted by molar-refractivity contribution is -0.111. The first-order valence-electron chi connectivity index (χ1n) is 15.8. The standard InChI is InChI=1S/C33H44FN7O5S/c1-7-30(42)38-26-15-27(41-17-22(21(41)4)19-47(6,43)44)24-16-36-33(39-32(24)31(26)20(2)3)37-23-8-10-35-29(14-23)40-11-9-28(25(34)18-40)46-13-12-45-5/h7-8,10,14-16,20-22,25,28H,1,9,11-13,17-19H2,2-6H3,(H,38,42)(H,35,36,37,39)/t21-,22-,25+,28-/m1/s1. The van der Waals surface area contributed by atoms with Gasteiger partial charge in [0.15, 0.2) is 0 Å². The Hall–Kier alpha value is -3.88. The smallest absolute Gasteiger partial charge is 0.247 e. The molecule has 2 saturated heterocycles. The fourth-order valence-corrected chi connectivity index (χ4v) is 7.47. The summed E-state index contributed by atoms with van der Waals surface area (Å²) in [6.45, 7) is 11.8. The number of ether oxygens (including phenoxy) is 2. The number of fused-ring (bicyclic) bond motifs is 1. The Morgan fingerprint density at radius 1 is 1.23 bits per heavy atom. The van der Waals surface area contributed by atoms with Gasteiger partial charge in [0.25, 0.3) is 0 Å². The first kappa shape index (κ1) is 34.5. The number of anilines is 5. The number of nitrogens with zero attached hydrogens (tertiary/aromatic N) is 5.